The Labute approximate surface area is 199 Å². The average molecular weight is 469 g/mol. The third kappa shape index (κ3) is 13.0. The van der Waals surface area contributed by atoms with Gasteiger partial charge >= 0.3 is 0 Å². The van der Waals surface area contributed by atoms with Crippen LogP contribution in [-0.2, 0) is 23.1 Å². The molecule has 0 fully saturated rings. The molecule has 0 bridgehead atoms. The summed E-state index contributed by atoms with van der Waals surface area (Å²) in [4.78, 5) is 0. The van der Waals surface area contributed by atoms with Gasteiger partial charge in [-0.1, -0.05) is 102 Å². The third-order valence-electron chi connectivity index (χ3n) is 7.09. The van der Waals surface area contributed by atoms with Gasteiger partial charge in [-0.2, -0.15) is 8.42 Å². The van der Waals surface area contributed by atoms with Gasteiger partial charge in [0.05, 0.1) is 19.6 Å². The number of rotatable bonds is 20. The lowest BCUT2D eigenvalue weighted by Gasteiger charge is -2.37. The van der Waals surface area contributed by atoms with Gasteiger partial charge in [0.25, 0.3) is 10.1 Å². The van der Waals surface area contributed by atoms with Crippen LogP contribution in [-0.4, -0.2) is 42.8 Å². The summed E-state index contributed by atoms with van der Waals surface area (Å²) in [5.74, 6) is -0.171. The Morgan fingerprint density at radius 3 is 1.66 bits per heavy atom. The Morgan fingerprint density at radius 1 is 0.719 bits per heavy atom. The lowest BCUT2D eigenvalue weighted by molar-refractivity contribution is -0.935. The number of hydrogen-bond acceptors (Lipinski definition) is 2. The lowest BCUT2D eigenvalue weighted by atomic mass is 9.99. The van der Waals surface area contributed by atoms with Crippen molar-refractivity contribution in [2.24, 2.45) is 0 Å². The van der Waals surface area contributed by atoms with Gasteiger partial charge in [0.15, 0.2) is 0 Å². The fourth-order valence-electron chi connectivity index (χ4n) is 4.62. The Bertz CT molecular complexity index is 699. The number of hydrogen-bond donors (Lipinski definition) is 1. The van der Waals surface area contributed by atoms with E-state index in [4.69, 9.17) is 0 Å². The van der Waals surface area contributed by atoms with Crippen molar-refractivity contribution in [3.8, 4) is 0 Å². The maximum atomic E-state index is 11.3. The fourth-order valence-corrected chi connectivity index (χ4v) is 5.24. The summed E-state index contributed by atoms with van der Waals surface area (Å²) in [6, 6.07) is 8.63. The Morgan fingerprint density at radius 2 is 1.19 bits per heavy atom. The summed E-state index contributed by atoms with van der Waals surface area (Å²) in [6.45, 7) is 9.51. The van der Waals surface area contributed by atoms with Crippen LogP contribution in [0.4, 0.5) is 0 Å². The van der Waals surface area contributed by atoms with Crippen LogP contribution in [0, 0.1) is 0 Å². The van der Waals surface area contributed by atoms with E-state index in [-0.39, 0.29) is 5.75 Å². The van der Waals surface area contributed by atoms with Crippen molar-refractivity contribution >= 4 is 10.1 Å². The van der Waals surface area contributed by atoms with Crippen LogP contribution in [0.3, 0.4) is 0 Å². The number of unbranched alkanes of at least 4 members (excludes halogenated alkanes) is 11. The van der Waals surface area contributed by atoms with Gasteiger partial charge in [-0.15, -0.1) is 0 Å². The van der Waals surface area contributed by atoms with Gasteiger partial charge in [-0.25, -0.2) is 0 Å². The molecule has 0 unspecified atom stereocenters. The van der Waals surface area contributed by atoms with E-state index in [1.807, 2.05) is 0 Å². The first-order chi connectivity index (χ1) is 15.4. The van der Waals surface area contributed by atoms with Crippen LogP contribution >= 0.6 is 0 Å². The van der Waals surface area contributed by atoms with Crippen LogP contribution in [0.1, 0.15) is 109 Å². The largest absolute Gasteiger partial charge is 0.319 e. The molecule has 0 heterocycles. The molecule has 0 spiro atoms. The van der Waals surface area contributed by atoms with Gasteiger partial charge in [0.1, 0.15) is 12.3 Å². The van der Waals surface area contributed by atoms with Crippen LogP contribution < -0.4 is 0 Å². The van der Waals surface area contributed by atoms with E-state index in [0.717, 1.165) is 26.1 Å². The van der Waals surface area contributed by atoms with Crippen LogP contribution in [0.25, 0.3) is 0 Å². The van der Waals surface area contributed by atoms with Crippen molar-refractivity contribution in [3.63, 3.8) is 0 Å². The summed E-state index contributed by atoms with van der Waals surface area (Å²) >= 11 is 0. The molecule has 1 N–H and O–H groups in total. The molecule has 0 saturated heterocycles. The van der Waals surface area contributed by atoms with Gasteiger partial charge in [-0.3, -0.25) is 4.55 Å². The first-order valence-electron chi connectivity index (χ1n) is 13.2. The standard InChI is InChI=1S/C27H49NO3S/c1-4-7-8-9-10-11-12-13-14-15-16-17-20-26-21-18-19-22-27(26)25-28(5-2,6-3)23-24-32(29,30)31/h18-19,21-22H,4-17,20,23-25H2,1-3H3/p+1. The highest BCUT2D eigenvalue weighted by atomic mass is 32.2. The van der Waals surface area contributed by atoms with Crippen molar-refractivity contribution in [1.29, 1.82) is 0 Å². The molecule has 0 atom stereocenters. The molecule has 0 aliphatic heterocycles. The Kier molecular flexibility index (Phi) is 15.2. The van der Waals surface area contributed by atoms with E-state index < -0.39 is 10.1 Å². The maximum absolute atomic E-state index is 11.3. The summed E-state index contributed by atoms with van der Waals surface area (Å²) < 4.78 is 32.6. The van der Waals surface area contributed by atoms with Crippen molar-refractivity contribution < 1.29 is 17.5 Å². The zero-order chi connectivity index (χ0) is 23.7. The van der Waals surface area contributed by atoms with Crippen LogP contribution in [0.5, 0.6) is 0 Å². The summed E-state index contributed by atoms with van der Waals surface area (Å²) in [6.07, 6.45) is 17.4. The molecule has 0 aliphatic rings. The van der Waals surface area contributed by atoms with Gasteiger partial charge in [-0.05, 0) is 32.3 Å². The van der Waals surface area contributed by atoms with E-state index in [9.17, 15) is 13.0 Å². The quantitative estimate of drug-likeness (QED) is 0.125. The third-order valence-corrected chi connectivity index (χ3v) is 7.79. The van der Waals surface area contributed by atoms with E-state index in [2.05, 4.69) is 45.0 Å². The molecule has 0 saturated carbocycles. The molecule has 1 aromatic rings. The summed E-state index contributed by atoms with van der Waals surface area (Å²) in [7, 11) is -3.93. The second-order valence-corrected chi connectivity index (χ2v) is 11.1. The second-order valence-electron chi connectivity index (χ2n) is 9.55. The van der Waals surface area contributed by atoms with Crippen LogP contribution in [0.2, 0.25) is 0 Å². The monoisotopic (exact) mass is 468 g/mol. The molecule has 1 rings (SSSR count). The molecule has 0 aliphatic carbocycles. The van der Waals surface area contributed by atoms with Crippen molar-refractivity contribution in [2.45, 2.75) is 111 Å². The van der Waals surface area contributed by atoms with Gasteiger partial charge < -0.3 is 4.48 Å². The minimum absolute atomic E-state index is 0.171. The smallest absolute Gasteiger partial charge is 0.270 e. The minimum Gasteiger partial charge on any atom is -0.319 e. The summed E-state index contributed by atoms with van der Waals surface area (Å²) in [5, 5.41) is 0. The molecule has 0 radical (unpaired) electrons. The zero-order valence-electron chi connectivity index (χ0n) is 21.2. The predicted octanol–water partition coefficient (Wildman–Crippen LogP) is 7.17. The average Bonchev–Trinajstić information content (AvgIpc) is 2.78. The van der Waals surface area contributed by atoms with Crippen molar-refractivity contribution in [2.75, 3.05) is 25.4 Å². The predicted molar refractivity (Wildman–Crippen MR) is 138 cm³/mol. The number of nitrogens with zero attached hydrogens (tertiary/aromatic N) is 1. The van der Waals surface area contributed by atoms with Gasteiger partial charge in [0.2, 0.25) is 0 Å². The number of quaternary nitrogens is 1. The summed E-state index contributed by atoms with van der Waals surface area (Å²) in [5.41, 5.74) is 2.73. The fraction of sp³-hybridized carbons (Fsp3) is 0.778. The molecule has 5 heteroatoms. The highest BCUT2D eigenvalue weighted by molar-refractivity contribution is 7.85. The van der Waals surface area contributed by atoms with Crippen molar-refractivity contribution in [3.05, 3.63) is 35.4 Å². The maximum Gasteiger partial charge on any atom is 0.270 e. The number of aryl methyl sites for hydroxylation is 1. The molecular weight excluding hydrogens is 418 g/mol. The topological polar surface area (TPSA) is 54.4 Å². The molecule has 186 valence electrons. The van der Waals surface area contributed by atoms with E-state index in [1.165, 1.54) is 88.2 Å². The van der Waals surface area contributed by atoms with E-state index in [1.54, 1.807) is 0 Å². The molecule has 0 aromatic heterocycles. The number of benzene rings is 1. The van der Waals surface area contributed by atoms with Gasteiger partial charge in [0, 0.05) is 5.56 Å². The molecule has 4 nitrogen and oxygen atoms in total. The molecule has 1 aromatic carbocycles. The molecule has 32 heavy (non-hydrogen) atoms. The molecule has 0 amide bonds. The Balaban J connectivity index is 2.38. The normalized spacial score (nSPS) is 12.4. The minimum atomic E-state index is -3.93. The first-order valence-corrected chi connectivity index (χ1v) is 14.8. The van der Waals surface area contributed by atoms with Crippen LogP contribution in [0.15, 0.2) is 24.3 Å². The highest BCUT2D eigenvalue weighted by Gasteiger charge is 2.27. The SMILES string of the molecule is CCCCCCCCCCCCCCc1ccccc1C[N+](CC)(CC)CCS(=O)(=O)O. The highest BCUT2D eigenvalue weighted by Crippen LogP contribution is 2.21. The zero-order valence-corrected chi connectivity index (χ0v) is 22.0. The molecular formula is C27H50NO3S+. The Hall–Kier alpha value is -0.910. The second kappa shape index (κ2) is 16.7. The lowest BCUT2D eigenvalue weighted by Crippen LogP contribution is -2.49. The first kappa shape index (κ1) is 29.1. The van der Waals surface area contributed by atoms with Crippen molar-refractivity contribution in [1.82, 2.24) is 0 Å². The van der Waals surface area contributed by atoms with E-state index >= 15 is 0 Å². The van der Waals surface area contributed by atoms with E-state index in [0.29, 0.717) is 11.0 Å².